The van der Waals surface area contributed by atoms with E-state index in [1.54, 1.807) is 0 Å². The van der Waals surface area contributed by atoms with Gasteiger partial charge in [0.25, 0.3) is 0 Å². The van der Waals surface area contributed by atoms with Crippen LogP contribution in [0.3, 0.4) is 0 Å². The van der Waals surface area contributed by atoms with E-state index in [2.05, 4.69) is 519 Å². The molecule has 0 amide bonds. The van der Waals surface area contributed by atoms with Crippen LogP contribution in [0.4, 0.5) is 0 Å². The smallest absolute Gasteiger partial charge is 0.0334 e. The third-order valence-corrected chi connectivity index (χ3v) is 24.8. The Hall–Kier alpha value is 0. The topological polar surface area (TPSA) is 0 Å². The highest BCUT2D eigenvalue weighted by Crippen LogP contribution is 2.39. The molecule has 0 rings (SSSR count). The summed E-state index contributed by atoms with van der Waals surface area (Å²) >= 11 is 0. The van der Waals surface area contributed by atoms with Crippen LogP contribution in [0.5, 0.6) is 0 Å². The Morgan fingerprint density at radius 2 is 0.281 bits per heavy atom. The summed E-state index contributed by atoms with van der Waals surface area (Å²) in [5.74, 6) is 7.82. The second-order valence-electron chi connectivity index (χ2n) is 68.6. The summed E-state index contributed by atoms with van der Waals surface area (Å²) in [6, 6.07) is 0. The second kappa shape index (κ2) is 79.2. The van der Waals surface area contributed by atoms with E-state index in [9.17, 15) is 0 Å². The molecule has 0 heterocycles. The maximum absolute atomic E-state index is 2.37. The van der Waals surface area contributed by atoms with Gasteiger partial charge in [-0.25, -0.2) is 0 Å². The van der Waals surface area contributed by atoms with Crippen molar-refractivity contribution in [1.29, 1.82) is 0 Å². The van der Waals surface area contributed by atoms with Crippen molar-refractivity contribution < 1.29 is 0 Å². The molecule has 0 aliphatic rings. The lowest BCUT2D eigenvalue weighted by Gasteiger charge is -2.34. The monoisotopic (exact) mass is 1920 g/mol. The summed E-state index contributed by atoms with van der Waals surface area (Å²) in [7, 11) is 0. The van der Waals surface area contributed by atoms with Gasteiger partial charge >= 0.3 is 0 Å². The van der Waals surface area contributed by atoms with E-state index in [0.29, 0.717) is 103 Å². The van der Waals surface area contributed by atoms with E-state index in [1.807, 2.05) is 0 Å². The lowest BCUT2D eigenvalue weighted by Crippen LogP contribution is -2.25. The summed E-state index contributed by atoms with van der Waals surface area (Å²) in [4.78, 5) is 0. The molecule has 0 aliphatic heterocycles. The molecule has 0 fully saturated rings. The third-order valence-electron chi connectivity index (χ3n) is 24.8. The first kappa shape index (κ1) is 166. The molecule has 838 valence electrons. The Bertz CT molecular complexity index is 2230. The first-order valence-electron chi connectivity index (χ1n) is 58.5. The lowest BCUT2D eigenvalue weighted by molar-refractivity contribution is 0.157. The molecule has 0 saturated heterocycles. The Balaban J connectivity index is -0.0000000978. The van der Waals surface area contributed by atoms with Crippen molar-refractivity contribution in [1.82, 2.24) is 0 Å². The van der Waals surface area contributed by atoms with Gasteiger partial charge < -0.3 is 0 Å². The van der Waals surface area contributed by atoms with Gasteiger partial charge in [-0.3, -0.25) is 0 Å². The average Bonchev–Trinajstić information content (AvgIpc) is 0.871. The van der Waals surface area contributed by atoms with Crippen LogP contribution in [-0.2, 0) is 0 Å². The first-order chi connectivity index (χ1) is 58.5. The normalized spacial score (nSPS) is 13.1. The molecule has 0 aliphatic carbocycles. The highest BCUT2D eigenvalue weighted by atomic mass is 14.3. The Labute approximate surface area is 875 Å². The van der Waals surface area contributed by atoms with Crippen molar-refractivity contribution >= 4 is 0 Å². The Morgan fingerprint density at radius 1 is 0.133 bits per heavy atom. The maximum atomic E-state index is 2.37. The van der Waals surface area contributed by atoms with E-state index >= 15 is 0 Å². The van der Waals surface area contributed by atoms with Crippen molar-refractivity contribution in [3.8, 4) is 0 Å². The number of hydrogen-bond donors (Lipinski definition) is 0. The SMILES string of the molecule is CC(C)(C)C(C)(C)C.CC(C)(C)CC(C)(C)C.CC(C)(C)CCC(C)(C)C.CC(C)(C)CCCC(C)(C)C.CC(C)(C)CCCCC(C)(C)C.CC(C)(C)CCCCCCC(C)(C)C.CC(C)C(C)C.CC(C)CC(C)C.CC(C)CCC(C)(C)C.CC(C)CCC(C)(C)C.CC(C)CCC(C)(C)C.CC(C)CCC(C)C.CCC(C)(C)CCC(C)(C)C.CCC(C)(C)CCCC(C)(C)C. The minimum atomic E-state index is 0.437. The summed E-state index contributed by atoms with van der Waals surface area (Å²) < 4.78 is 0. The standard InChI is InChI=1S/C14H30.2C12H26.2C11H24.C10H22.4C9H20.2C8H18.C7H16.C6H14/c1-13(2,3)11-9-7-8-10-12-14(4,5)6;1-11(2,3)9-7-8-10-12(4,5)6;1-7-12(5,6)10-8-9-11(2,3)4;1-10(2,3)8-7-9-11(4,5)6;1-7-11(5,6)9-8-10(2,3)4;1-9(2,3)7-8-10(4,5)6;1-8(2,3)7-9(4,5)6;3*1-8(2)6-7-9(3,4)5;1-7(2,3)8(4,5)6;1-7(2)5-6-8(3)4;1-6(2)5-7(3)4;1-5(2)6(3)4/h7-12H2,1-6H3;2*7-10H2,1-6H3;2*7-9H2,1-6H3;7-8H2,1-6H3;7H2,1-6H3;3*8H,6-7H2,1-5H3;1-6H3;7-8H,5-6H2,1-4H3;6-7H,5H2,1-4H3;5-6H,1-4H3. The molecule has 0 atom stereocenters. The highest BCUT2D eigenvalue weighted by molar-refractivity contribution is 4.79. The van der Waals surface area contributed by atoms with Crippen molar-refractivity contribution in [2.24, 2.45) is 156 Å². The fourth-order valence-electron chi connectivity index (χ4n) is 12.4. The van der Waals surface area contributed by atoms with Crippen LogP contribution in [0.25, 0.3) is 0 Å². The van der Waals surface area contributed by atoms with Gasteiger partial charge in [0, 0.05) is 0 Å². The van der Waals surface area contributed by atoms with Crippen molar-refractivity contribution in [2.45, 2.75) is 725 Å². The fraction of sp³-hybridized carbons (Fsp3) is 1.00. The van der Waals surface area contributed by atoms with E-state index in [0.717, 1.165) is 53.3 Å². The van der Waals surface area contributed by atoms with Gasteiger partial charge in [0.15, 0.2) is 0 Å². The number of rotatable bonds is 30. The molecule has 0 N–H and O–H groups in total. The van der Waals surface area contributed by atoms with Crippen molar-refractivity contribution in [3.63, 3.8) is 0 Å². The van der Waals surface area contributed by atoms with Crippen LogP contribution in [-0.4, -0.2) is 0 Å². The van der Waals surface area contributed by atoms with Crippen LogP contribution in [0, 0.1) is 156 Å². The van der Waals surface area contributed by atoms with Gasteiger partial charge in [0.1, 0.15) is 0 Å². The van der Waals surface area contributed by atoms with Crippen LogP contribution < -0.4 is 0 Å². The maximum Gasteiger partial charge on any atom is -0.0334 e. The van der Waals surface area contributed by atoms with E-state index < -0.39 is 0 Å². The molecule has 0 bridgehead atoms. The van der Waals surface area contributed by atoms with Crippen LogP contribution in [0.2, 0.25) is 0 Å². The fourth-order valence-corrected chi connectivity index (χ4v) is 12.4. The van der Waals surface area contributed by atoms with Gasteiger partial charge in [-0.2, -0.15) is 0 Å². The van der Waals surface area contributed by atoms with Crippen molar-refractivity contribution in [3.05, 3.63) is 0 Å². The van der Waals surface area contributed by atoms with Gasteiger partial charge in [0.2, 0.25) is 0 Å². The van der Waals surface area contributed by atoms with E-state index in [-0.39, 0.29) is 0 Å². The molecule has 0 aromatic heterocycles. The molecule has 0 spiro atoms. The molecule has 135 heavy (non-hydrogen) atoms. The molecule has 0 unspecified atom stereocenters. The average molecular weight is 1920 g/mol. The zero-order chi connectivity index (χ0) is 112. The van der Waals surface area contributed by atoms with E-state index in [1.165, 1.54) is 205 Å². The Kier molecular flexibility index (Phi) is 97.1. The lowest BCUT2D eigenvalue weighted by atomic mass is 9.71. The largest absolute Gasteiger partial charge is 0.0649 e. The molecule has 0 heteroatoms. The number of unbranched alkanes of at least 4 members (excludes halogenated alkanes) is 4. The van der Waals surface area contributed by atoms with Gasteiger partial charge in [0.05, 0.1) is 0 Å². The minimum Gasteiger partial charge on any atom is -0.0649 e. The first-order valence-corrected chi connectivity index (χ1v) is 58.5. The van der Waals surface area contributed by atoms with Crippen LogP contribution in [0.1, 0.15) is 725 Å². The third kappa shape index (κ3) is 224. The second-order valence-corrected chi connectivity index (χ2v) is 68.6. The van der Waals surface area contributed by atoms with Gasteiger partial charge in [-0.1, -0.05) is 616 Å². The Morgan fingerprint density at radius 3 is 0.393 bits per heavy atom. The zero-order valence-electron chi connectivity index (χ0n) is 112. The van der Waals surface area contributed by atoms with Crippen LogP contribution in [0.15, 0.2) is 0 Å². The molecular weight excluding hydrogens is 1620 g/mol. The molecule has 0 radical (unpaired) electrons. The molecular formula is C135H298. The highest BCUT2D eigenvalue weighted by Gasteiger charge is 2.28. The van der Waals surface area contributed by atoms with Gasteiger partial charge in [-0.05, 0) is 265 Å². The molecule has 0 nitrogen and oxygen atoms in total. The zero-order valence-corrected chi connectivity index (χ0v) is 112. The molecule has 0 saturated carbocycles. The minimum absolute atomic E-state index is 0.437. The van der Waals surface area contributed by atoms with E-state index in [4.69, 9.17) is 0 Å². The molecule has 0 aromatic rings. The van der Waals surface area contributed by atoms with Crippen molar-refractivity contribution in [2.75, 3.05) is 0 Å². The molecule has 0 aromatic carbocycles. The van der Waals surface area contributed by atoms with Gasteiger partial charge in [-0.15, -0.1) is 0 Å². The summed E-state index contributed by atoms with van der Waals surface area (Å²) in [5.41, 5.74) is 9.74. The predicted octanol–water partition coefficient (Wildman–Crippen LogP) is 52.1. The predicted molar refractivity (Wildman–Crippen MR) is 651 cm³/mol. The summed E-state index contributed by atoms with van der Waals surface area (Å²) in [6.07, 6.45) is 43.6. The quantitative estimate of drug-likeness (QED) is 0.0629. The number of hydrogen-bond acceptors (Lipinski definition) is 0. The van der Waals surface area contributed by atoms with Crippen LogP contribution >= 0.6 is 0 Å². The summed E-state index contributed by atoms with van der Waals surface area (Å²) in [6.45, 7) is 173. The summed E-state index contributed by atoms with van der Waals surface area (Å²) in [5, 5.41) is 0.